The molecule has 1 saturated carbocycles. The maximum absolute atomic E-state index is 13.8. The van der Waals surface area contributed by atoms with Crippen LogP contribution in [0.2, 0.25) is 0 Å². The van der Waals surface area contributed by atoms with Gasteiger partial charge in [-0.05, 0) is 37.5 Å². The summed E-state index contributed by atoms with van der Waals surface area (Å²) >= 11 is 0. The zero-order chi connectivity index (χ0) is 26.5. The average molecular weight is 533 g/mol. The Bertz CT molecular complexity index is 1640. The van der Waals surface area contributed by atoms with Gasteiger partial charge in [0.2, 0.25) is 16.0 Å². The maximum atomic E-state index is 13.8. The van der Waals surface area contributed by atoms with Gasteiger partial charge in [0.25, 0.3) is 5.56 Å². The molecule has 5 rings (SSSR count). The molecule has 196 valence electrons. The number of halogens is 2. The van der Waals surface area contributed by atoms with Gasteiger partial charge in [-0.1, -0.05) is 13.0 Å². The first kappa shape index (κ1) is 25.2. The lowest BCUT2D eigenvalue weighted by molar-refractivity contribution is 0.393. The molecule has 1 unspecified atom stereocenters. The number of sulfonamides is 1. The van der Waals surface area contributed by atoms with Crippen molar-refractivity contribution in [3.8, 4) is 0 Å². The molecule has 3 aromatic heterocycles. The number of fused-ring (bicyclic) bond motifs is 1. The van der Waals surface area contributed by atoms with E-state index in [1.165, 1.54) is 33.7 Å². The third-order valence-corrected chi connectivity index (χ3v) is 8.46. The van der Waals surface area contributed by atoms with E-state index in [9.17, 15) is 26.8 Å². The minimum Gasteiger partial charge on any atom is -0.291 e. The SMILES string of the molecule is CC1CC(S(=O)(=O)NC2(CF)CC2)=Cc2c1n(Cc1cccc(F)n1)c(=O)n(Cc1cnn(C)c1)c2=O. The molecule has 2 aliphatic rings. The minimum atomic E-state index is -4.08. The van der Waals surface area contributed by atoms with E-state index in [0.29, 0.717) is 24.1 Å². The van der Waals surface area contributed by atoms with Crippen LogP contribution in [0.15, 0.2) is 45.1 Å². The van der Waals surface area contributed by atoms with Gasteiger partial charge in [-0.25, -0.2) is 27.3 Å². The number of nitrogens with zero attached hydrogens (tertiary/aromatic N) is 5. The van der Waals surface area contributed by atoms with E-state index in [4.69, 9.17) is 0 Å². The lowest BCUT2D eigenvalue weighted by Gasteiger charge is -2.27. The number of alkyl halides is 1. The lowest BCUT2D eigenvalue weighted by atomic mass is 9.93. The summed E-state index contributed by atoms with van der Waals surface area (Å²) in [5.74, 6) is -1.26. The maximum Gasteiger partial charge on any atom is 0.331 e. The number of rotatable bonds is 8. The smallest absolute Gasteiger partial charge is 0.291 e. The van der Waals surface area contributed by atoms with Gasteiger partial charge < -0.3 is 0 Å². The topological polar surface area (TPSA) is 121 Å². The Morgan fingerprint density at radius 2 is 1.95 bits per heavy atom. The predicted molar refractivity (Wildman–Crippen MR) is 132 cm³/mol. The molecule has 1 fully saturated rings. The Labute approximate surface area is 211 Å². The molecule has 10 nitrogen and oxygen atoms in total. The summed E-state index contributed by atoms with van der Waals surface area (Å²) in [5.41, 5.74) is -1.12. The first-order valence-electron chi connectivity index (χ1n) is 11.8. The van der Waals surface area contributed by atoms with Gasteiger partial charge in [-0.15, -0.1) is 0 Å². The Morgan fingerprint density at radius 3 is 2.57 bits per heavy atom. The number of allylic oxidation sites excluding steroid dienone is 1. The monoisotopic (exact) mass is 532 g/mol. The summed E-state index contributed by atoms with van der Waals surface area (Å²) in [6.45, 7) is 0.686. The molecule has 37 heavy (non-hydrogen) atoms. The summed E-state index contributed by atoms with van der Waals surface area (Å²) < 4.78 is 59.8. The Kier molecular flexibility index (Phi) is 6.23. The highest BCUT2D eigenvalue weighted by Crippen LogP contribution is 2.39. The van der Waals surface area contributed by atoms with Gasteiger partial charge in [0.1, 0.15) is 6.67 Å². The number of aromatic nitrogens is 5. The molecule has 2 aliphatic carbocycles. The van der Waals surface area contributed by atoms with E-state index in [1.54, 1.807) is 26.2 Å². The molecule has 0 radical (unpaired) electrons. The fourth-order valence-corrected chi connectivity index (χ4v) is 6.40. The number of pyridine rings is 1. The van der Waals surface area contributed by atoms with E-state index < -0.39 is 45.4 Å². The molecule has 13 heteroatoms. The van der Waals surface area contributed by atoms with Crippen molar-refractivity contribution in [3.63, 3.8) is 0 Å². The first-order chi connectivity index (χ1) is 17.5. The van der Waals surface area contributed by atoms with Crippen molar-refractivity contribution in [2.24, 2.45) is 7.05 Å². The molecular formula is C24H26F2N6O4S. The van der Waals surface area contributed by atoms with Gasteiger partial charge in [-0.2, -0.15) is 9.49 Å². The highest BCUT2D eigenvalue weighted by molar-refractivity contribution is 7.93. The lowest BCUT2D eigenvalue weighted by Crippen LogP contribution is -2.45. The van der Waals surface area contributed by atoms with Crippen molar-refractivity contribution in [1.82, 2.24) is 28.6 Å². The predicted octanol–water partition coefficient (Wildman–Crippen LogP) is 1.64. The second-order valence-corrected chi connectivity index (χ2v) is 11.5. The van der Waals surface area contributed by atoms with Gasteiger partial charge in [0, 0.05) is 30.4 Å². The highest BCUT2D eigenvalue weighted by Gasteiger charge is 2.47. The number of aryl methyl sites for hydroxylation is 1. The van der Waals surface area contributed by atoms with Crippen LogP contribution in [0.25, 0.3) is 6.08 Å². The van der Waals surface area contributed by atoms with Crippen LogP contribution < -0.4 is 16.0 Å². The van der Waals surface area contributed by atoms with Crippen molar-refractivity contribution < 1.29 is 17.2 Å². The van der Waals surface area contributed by atoms with E-state index in [-0.39, 0.29) is 35.7 Å². The molecule has 1 N–H and O–H groups in total. The number of nitrogens with one attached hydrogen (secondary N) is 1. The molecule has 0 aliphatic heterocycles. The fraction of sp³-hybridized carbons (Fsp3) is 0.417. The van der Waals surface area contributed by atoms with Gasteiger partial charge in [0.15, 0.2) is 0 Å². The summed E-state index contributed by atoms with van der Waals surface area (Å²) in [7, 11) is -2.38. The van der Waals surface area contributed by atoms with Gasteiger partial charge >= 0.3 is 5.69 Å². The van der Waals surface area contributed by atoms with Crippen LogP contribution in [0.1, 0.15) is 54.6 Å². The highest BCUT2D eigenvalue weighted by atomic mass is 32.2. The summed E-state index contributed by atoms with van der Waals surface area (Å²) in [4.78, 5) is 31.0. The Morgan fingerprint density at radius 1 is 1.19 bits per heavy atom. The second-order valence-electron chi connectivity index (χ2n) is 9.77. The van der Waals surface area contributed by atoms with Crippen molar-refractivity contribution in [2.45, 2.75) is 50.7 Å². The first-order valence-corrected chi connectivity index (χ1v) is 13.3. The van der Waals surface area contributed by atoms with Crippen LogP contribution in [0.3, 0.4) is 0 Å². The molecule has 0 saturated heterocycles. The van der Waals surface area contributed by atoms with Crippen LogP contribution in [0.5, 0.6) is 0 Å². The average Bonchev–Trinajstić information content (AvgIpc) is 3.49. The third kappa shape index (κ3) is 4.80. The second kappa shape index (κ2) is 9.14. The van der Waals surface area contributed by atoms with Crippen LogP contribution in [-0.4, -0.2) is 44.5 Å². The van der Waals surface area contributed by atoms with Crippen LogP contribution in [0.4, 0.5) is 8.78 Å². The number of hydrogen-bond donors (Lipinski definition) is 1. The zero-order valence-electron chi connectivity index (χ0n) is 20.3. The summed E-state index contributed by atoms with van der Waals surface area (Å²) in [6, 6.07) is 4.22. The Balaban J connectivity index is 1.68. The normalized spacial score (nSPS) is 18.4. The van der Waals surface area contributed by atoms with Gasteiger partial charge in [0.05, 0.1) is 41.0 Å². The quantitative estimate of drug-likeness (QED) is 0.441. The van der Waals surface area contributed by atoms with Crippen molar-refractivity contribution in [1.29, 1.82) is 0 Å². The van der Waals surface area contributed by atoms with Crippen LogP contribution in [-0.2, 0) is 30.2 Å². The summed E-state index contributed by atoms with van der Waals surface area (Å²) in [6.07, 6.45) is 5.26. The Hall–Kier alpha value is -3.45. The molecular weight excluding hydrogens is 506 g/mol. The number of hydrogen-bond acceptors (Lipinski definition) is 6. The largest absolute Gasteiger partial charge is 0.331 e. The van der Waals surface area contributed by atoms with Crippen molar-refractivity contribution in [3.05, 3.63) is 84.8 Å². The molecule has 0 amide bonds. The third-order valence-electron chi connectivity index (χ3n) is 6.78. The van der Waals surface area contributed by atoms with Crippen LogP contribution >= 0.6 is 0 Å². The van der Waals surface area contributed by atoms with E-state index in [1.807, 2.05) is 0 Å². The van der Waals surface area contributed by atoms with E-state index in [2.05, 4.69) is 14.8 Å². The van der Waals surface area contributed by atoms with E-state index >= 15 is 0 Å². The fourth-order valence-electron chi connectivity index (χ4n) is 4.70. The van der Waals surface area contributed by atoms with Crippen molar-refractivity contribution in [2.75, 3.05) is 6.67 Å². The van der Waals surface area contributed by atoms with Gasteiger partial charge in [-0.3, -0.25) is 18.6 Å². The van der Waals surface area contributed by atoms with Crippen molar-refractivity contribution >= 4 is 16.1 Å². The standard InChI is InChI=1S/C24H26F2N6O4S/c1-15-8-18(37(35,36)29-24(14-25)6-7-24)9-19-21(15)31(13-17-4-3-5-20(26)28-17)23(34)32(22(19)33)12-16-10-27-30(2)11-16/h3-5,9-11,15,29H,6-8,12-14H2,1-2H3. The summed E-state index contributed by atoms with van der Waals surface area (Å²) in [5, 5.41) is 4.07. The van der Waals surface area contributed by atoms with Crippen LogP contribution in [0, 0.1) is 5.95 Å². The molecule has 0 spiro atoms. The molecule has 0 bridgehead atoms. The van der Waals surface area contributed by atoms with E-state index in [0.717, 1.165) is 4.57 Å². The molecule has 3 aromatic rings. The minimum absolute atomic E-state index is 0.00672. The molecule has 3 heterocycles. The molecule has 1 atom stereocenters. The molecule has 0 aromatic carbocycles. The zero-order valence-corrected chi connectivity index (χ0v) is 21.1.